The highest BCUT2D eigenvalue weighted by Crippen LogP contribution is 1.91. The number of hydrogen-bond acceptors (Lipinski definition) is 1. The zero-order chi connectivity index (χ0) is 6.95. The molecule has 2 heteroatoms. The van der Waals surface area contributed by atoms with Crippen molar-refractivity contribution in [2.75, 3.05) is 12.5 Å². The lowest BCUT2D eigenvalue weighted by Gasteiger charge is -1.81. The average molecular weight is 147 g/mol. The number of halogens is 1. The van der Waals surface area contributed by atoms with E-state index in [4.69, 9.17) is 16.7 Å². The standard InChI is InChI=1S/C7H11ClO/c8-6-4-2-1-3-5-7-9/h1,5,9H,2,4,6-7H2. The lowest BCUT2D eigenvalue weighted by atomic mass is 10.3. The van der Waals surface area contributed by atoms with Gasteiger partial charge in [0, 0.05) is 5.88 Å². The van der Waals surface area contributed by atoms with Crippen LogP contribution in [0, 0.1) is 0 Å². The van der Waals surface area contributed by atoms with Gasteiger partial charge in [0.15, 0.2) is 0 Å². The maximum atomic E-state index is 8.26. The topological polar surface area (TPSA) is 20.2 Å². The van der Waals surface area contributed by atoms with E-state index in [9.17, 15) is 0 Å². The lowest BCUT2D eigenvalue weighted by molar-refractivity contribution is 0.343. The van der Waals surface area contributed by atoms with Gasteiger partial charge in [-0.05, 0) is 25.0 Å². The lowest BCUT2D eigenvalue weighted by Crippen LogP contribution is -1.70. The van der Waals surface area contributed by atoms with Gasteiger partial charge in [0.2, 0.25) is 0 Å². The van der Waals surface area contributed by atoms with Gasteiger partial charge in [-0.15, -0.1) is 17.3 Å². The van der Waals surface area contributed by atoms with E-state index in [1.165, 1.54) is 0 Å². The van der Waals surface area contributed by atoms with Crippen LogP contribution in [0.15, 0.2) is 17.9 Å². The molecule has 1 N–H and O–H groups in total. The maximum Gasteiger partial charge on any atom is 0.0686 e. The number of alkyl halides is 1. The van der Waals surface area contributed by atoms with Crippen LogP contribution in [0.5, 0.6) is 0 Å². The molecule has 0 saturated carbocycles. The molecule has 0 unspecified atom stereocenters. The first-order valence-electron chi connectivity index (χ1n) is 2.98. The highest BCUT2D eigenvalue weighted by atomic mass is 35.5. The molecule has 1 nitrogen and oxygen atoms in total. The van der Waals surface area contributed by atoms with Crippen molar-refractivity contribution in [1.82, 2.24) is 0 Å². The molecule has 0 radical (unpaired) electrons. The molecule has 0 aliphatic heterocycles. The fourth-order valence-corrected chi connectivity index (χ4v) is 0.553. The van der Waals surface area contributed by atoms with Crippen molar-refractivity contribution in [2.24, 2.45) is 0 Å². The molecule has 52 valence electrons. The van der Waals surface area contributed by atoms with E-state index in [1.807, 2.05) is 6.08 Å². The number of hydrogen-bond donors (Lipinski definition) is 1. The third kappa shape index (κ3) is 7.77. The molecular formula is C7H11ClO. The summed E-state index contributed by atoms with van der Waals surface area (Å²) in [5.74, 6) is 0.692. The molecule has 0 aromatic carbocycles. The van der Waals surface area contributed by atoms with E-state index in [1.54, 1.807) is 6.08 Å². The zero-order valence-corrected chi connectivity index (χ0v) is 6.06. The van der Waals surface area contributed by atoms with Gasteiger partial charge in [0.1, 0.15) is 0 Å². The molecule has 0 aromatic rings. The summed E-state index contributed by atoms with van der Waals surface area (Å²) in [5, 5.41) is 8.26. The minimum absolute atomic E-state index is 0.0668. The smallest absolute Gasteiger partial charge is 0.0686 e. The van der Waals surface area contributed by atoms with Crippen LogP contribution < -0.4 is 0 Å². The molecule has 0 fully saturated rings. The first-order chi connectivity index (χ1) is 4.41. The second-order valence-electron chi connectivity index (χ2n) is 1.59. The molecule has 0 rings (SSSR count). The van der Waals surface area contributed by atoms with Crippen molar-refractivity contribution in [3.63, 3.8) is 0 Å². The number of aliphatic hydroxyl groups is 1. The number of unbranched alkanes of at least 4 members (excludes halogenated alkanes) is 1. The van der Waals surface area contributed by atoms with Gasteiger partial charge in [0.05, 0.1) is 6.61 Å². The van der Waals surface area contributed by atoms with Crippen molar-refractivity contribution >= 4 is 11.6 Å². The Hall–Kier alpha value is -0.230. The van der Waals surface area contributed by atoms with Gasteiger partial charge in [-0.2, -0.15) is 0 Å². The maximum absolute atomic E-state index is 8.26. The molecule has 0 atom stereocenters. The van der Waals surface area contributed by atoms with Gasteiger partial charge in [-0.3, -0.25) is 0 Å². The second kappa shape index (κ2) is 7.77. The summed E-state index contributed by atoms with van der Waals surface area (Å²) < 4.78 is 0. The first kappa shape index (κ1) is 8.77. The van der Waals surface area contributed by atoms with Crippen LogP contribution in [0.3, 0.4) is 0 Å². The van der Waals surface area contributed by atoms with E-state index in [0.29, 0.717) is 5.88 Å². The van der Waals surface area contributed by atoms with Crippen LogP contribution >= 0.6 is 11.6 Å². The summed E-state index contributed by atoms with van der Waals surface area (Å²) in [6, 6.07) is 0. The van der Waals surface area contributed by atoms with E-state index in [-0.39, 0.29) is 6.61 Å². The van der Waals surface area contributed by atoms with Crippen molar-refractivity contribution in [1.29, 1.82) is 0 Å². The third-order valence-corrected chi connectivity index (χ3v) is 1.08. The van der Waals surface area contributed by atoms with Crippen LogP contribution in [0.1, 0.15) is 12.8 Å². The second-order valence-corrected chi connectivity index (χ2v) is 1.97. The summed E-state index contributed by atoms with van der Waals surface area (Å²) in [5.41, 5.74) is 2.81. The Bertz CT molecular complexity index is 103. The minimum Gasteiger partial charge on any atom is -0.392 e. The molecule has 0 spiro atoms. The summed E-state index contributed by atoms with van der Waals surface area (Å²) in [6.07, 6.45) is 5.38. The molecule has 0 heterocycles. The van der Waals surface area contributed by atoms with Gasteiger partial charge in [-0.1, -0.05) is 0 Å². The Morgan fingerprint density at radius 1 is 1.44 bits per heavy atom. The minimum atomic E-state index is 0.0668. The predicted molar refractivity (Wildman–Crippen MR) is 39.7 cm³/mol. The van der Waals surface area contributed by atoms with Crippen LogP contribution in [0.4, 0.5) is 0 Å². The number of rotatable bonds is 4. The Balaban J connectivity index is 3.13. The van der Waals surface area contributed by atoms with Gasteiger partial charge >= 0.3 is 0 Å². The number of aliphatic hydroxyl groups excluding tert-OH is 1. The first-order valence-corrected chi connectivity index (χ1v) is 3.51. The Morgan fingerprint density at radius 2 is 2.22 bits per heavy atom. The molecule has 0 bridgehead atoms. The monoisotopic (exact) mass is 146 g/mol. The predicted octanol–water partition coefficient (Wildman–Crippen LogP) is 1.71. The zero-order valence-electron chi connectivity index (χ0n) is 5.31. The van der Waals surface area contributed by atoms with Crippen molar-refractivity contribution in [2.45, 2.75) is 12.8 Å². The average Bonchev–Trinajstić information content (AvgIpc) is 1.89. The molecule has 0 aliphatic carbocycles. The third-order valence-electron chi connectivity index (χ3n) is 0.809. The van der Waals surface area contributed by atoms with E-state index in [2.05, 4.69) is 5.73 Å². The molecule has 0 aromatic heterocycles. The van der Waals surface area contributed by atoms with Crippen LogP contribution in [-0.4, -0.2) is 17.6 Å². The SMILES string of the molecule is OCC=C=CCCCCl. The van der Waals surface area contributed by atoms with E-state index < -0.39 is 0 Å². The quantitative estimate of drug-likeness (QED) is 0.364. The van der Waals surface area contributed by atoms with Crippen molar-refractivity contribution in [3.05, 3.63) is 17.9 Å². The highest BCUT2D eigenvalue weighted by Gasteiger charge is 1.75. The summed E-state index contributed by atoms with van der Waals surface area (Å²) in [6.45, 7) is 0.0668. The fraction of sp³-hybridized carbons (Fsp3) is 0.571. The largest absolute Gasteiger partial charge is 0.392 e. The molecule has 0 aliphatic rings. The summed E-state index contributed by atoms with van der Waals surface area (Å²) in [4.78, 5) is 0. The molecule has 9 heavy (non-hydrogen) atoms. The Kier molecular flexibility index (Phi) is 7.57. The van der Waals surface area contributed by atoms with Gasteiger partial charge in [0.25, 0.3) is 0 Å². The van der Waals surface area contributed by atoms with E-state index >= 15 is 0 Å². The molecule has 0 amide bonds. The normalized spacial score (nSPS) is 8.22. The molecule has 0 saturated heterocycles. The van der Waals surface area contributed by atoms with Crippen LogP contribution in [-0.2, 0) is 0 Å². The van der Waals surface area contributed by atoms with Crippen molar-refractivity contribution in [3.8, 4) is 0 Å². The summed E-state index contributed by atoms with van der Waals surface area (Å²) in [7, 11) is 0. The van der Waals surface area contributed by atoms with Crippen molar-refractivity contribution < 1.29 is 5.11 Å². The van der Waals surface area contributed by atoms with Gasteiger partial charge in [-0.25, -0.2) is 0 Å². The van der Waals surface area contributed by atoms with Gasteiger partial charge < -0.3 is 5.11 Å². The van der Waals surface area contributed by atoms with Crippen LogP contribution in [0.25, 0.3) is 0 Å². The highest BCUT2D eigenvalue weighted by molar-refractivity contribution is 6.17. The van der Waals surface area contributed by atoms with Crippen LogP contribution in [0.2, 0.25) is 0 Å². The van der Waals surface area contributed by atoms with E-state index in [0.717, 1.165) is 12.8 Å². The Morgan fingerprint density at radius 3 is 2.78 bits per heavy atom. The summed E-state index contributed by atoms with van der Waals surface area (Å²) >= 11 is 5.41. The molecular weight excluding hydrogens is 136 g/mol. The fourth-order valence-electron chi connectivity index (χ4n) is 0.399. The Labute approximate surface area is 60.6 Å².